The van der Waals surface area contributed by atoms with Gasteiger partial charge in [-0.05, 0) is 49.7 Å². The van der Waals surface area contributed by atoms with Crippen molar-refractivity contribution in [2.24, 2.45) is 0 Å². The number of nitrogens with one attached hydrogen (secondary N) is 1. The molecule has 1 aromatic heterocycles. The van der Waals surface area contributed by atoms with Crippen molar-refractivity contribution in [3.63, 3.8) is 0 Å². The van der Waals surface area contributed by atoms with Crippen LogP contribution in [0.2, 0.25) is 0 Å². The summed E-state index contributed by atoms with van der Waals surface area (Å²) in [6.07, 6.45) is 6.34. The topological polar surface area (TPSA) is 99.3 Å². The molecule has 0 saturated heterocycles. The number of aromatic nitrogens is 2. The second-order valence-electron chi connectivity index (χ2n) is 6.57. The van der Waals surface area contributed by atoms with Crippen LogP contribution in [-0.4, -0.2) is 41.0 Å². The maximum absolute atomic E-state index is 11.7. The van der Waals surface area contributed by atoms with Crippen LogP contribution in [0.5, 0.6) is 5.75 Å². The lowest BCUT2D eigenvalue weighted by Gasteiger charge is -2.14. The Morgan fingerprint density at radius 1 is 1.31 bits per heavy atom. The summed E-state index contributed by atoms with van der Waals surface area (Å²) in [7, 11) is 1.75. The molecule has 0 unspecified atom stereocenters. The zero-order chi connectivity index (χ0) is 20.8. The van der Waals surface area contributed by atoms with Gasteiger partial charge in [0.1, 0.15) is 6.61 Å². The summed E-state index contributed by atoms with van der Waals surface area (Å²) in [5.74, 6) is 0.0250. The zero-order valence-electron chi connectivity index (χ0n) is 16.3. The maximum atomic E-state index is 11.7. The fourth-order valence-electron chi connectivity index (χ4n) is 3.14. The molecule has 0 bridgehead atoms. The minimum atomic E-state index is -0.483. The molecule has 0 aliphatic carbocycles. The van der Waals surface area contributed by atoms with Crippen molar-refractivity contribution >= 4 is 12.0 Å². The molecule has 0 amide bonds. The van der Waals surface area contributed by atoms with Gasteiger partial charge in [0.15, 0.2) is 6.29 Å². The second kappa shape index (κ2) is 9.11. The van der Waals surface area contributed by atoms with Crippen molar-refractivity contribution in [1.82, 2.24) is 14.9 Å². The predicted octanol–water partition coefficient (Wildman–Crippen LogP) is 3.09. The Bertz CT molecular complexity index is 999. The molecular weight excluding hydrogens is 372 g/mol. The summed E-state index contributed by atoms with van der Waals surface area (Å²) in [6.45, 7) is 2.43. The van der Waals surface area contributed by atoms with Crippen LogP contribution in [0, 0.1) is 17.0 Å². The van der Waals surface area contributed by atoms with Gasteiger partial charge in [0.05, 0.1) is 16.8 Å². The summed E-state index contributed by atoms with van der Waals surface area (Å²) in [5, 5.41) is 14.6. The molecule has 150 valence electrons. The highest BCUT2D eigenvalue weighted by Crippen LogP contribution is 2.37. The number of benzene rings is 2. The lowest BCUT2D eigenvalue weighted by atomic mass is 9.96. The standard InChI is InChI=1S/C21H22N4O4/c1-15-17(11-16-3-5-19(6-4-16)24-9-7-23-14-24)12-18(13-26)21(20(15)25(27)28)29-10-8-22-2/h3-7,9,12-14,22H,8,10-11H2,1-2H3. The molecule has 0 fully saturated rings. The Kier molecular flexibility index (Phi) is 6.36. The number of aldehydes is 1. The monoisotopic (exact) mass is 394 g/mol. The fourth-order valence-corrected chi connectivity index (χ4v) is 3.14. The van der Waals surface area contributed by atoms with Crippen molar-refractivity contribution < 1.29 is 14.5 Å². The summed E-state index contributed by atoms with van der Waals surface area (Å²) in [4.78, 5) is 26.9. The van der Waals surface area contributed by atoms with E-state index in [1.807, 2.05) is 35.0 Å². The van der Waals surface area contributed by atoms with Crippen LogP contribution < -0.4 is 10.1 Å². The number of ether oxygens (including phenoxy) is 1. The quantitative estimate of drug-likeness (QED) is 0.259. The molecule has 3 aromatic rings. The Morgan fingerprint density at radius 2 is 2.07 bits per heavy atom. The molecule has 2 aromatic carbocycles. The van der Waals surface area contributed by atoms with Crippen LogP contribution in [0.1, 0.15) is 27.0 Å². The lowest BCUT2D eigenvalue weighted by molar-refractivity contribution is -0.386. The number of carbonyl (C=O) groups excluding carboxylic acids is 1. The van der Waals surface area contributed by atoms with Crippen molar-refractivity contribution in [1.29, 1.82) is 0 Å². The minimum absolute atomic E-state index is 0.0250. The molecule has 1 N–H and O–H groups in total. The fraction of sp³-hybridized carbons (Fsp3) is 0.238. The molecule has 8 heteroatoms. The molecule has 0 radical (unpaired) electrons. The molecule has 8 nitrogen and oxygen atoms in total. The van der Waals surface area contributed by atoms with Gasteiger partial charge in [-0.1, -0.05) is 12.1 Å². The first-order valence-corrected chi connectivity index (χ1v) is 9.16. The molecular formula is C21H22N4O4. The summed E-state index contributed by atoms with van der Waals surface area (Å²) in [5.41, 5.74) is 3.19. The van der Waals surface area contributed by atoms with Gasteiger partial charge in [-0.2, -0.15) is 0 Å². The van der Waals surface area contributed by atoms with Gasteiger partial charge in [-0.3, -0.25) is 14.9 Å². The number of nitrogens with zero attached hydrogens (tertiary/aromatic N) is 3. The van der Waals surface area contributed by atoms with E-state index in [2.05, 4.69) is 10.3 Å². The second-order valence-corrected chi connectivity index (χ2v) is 6.57. The SMILES string of the molecule is CNCCOc1c(C=O)cc(Cc2ccc(-n3ccnc3)cc2)c(C)c1[N+](=O)[O-]. The summed E-state index contributed by atoms with van der Waals surface area (Å²) in [6, 6.07) is 9.50. The first kappa shape index (κ1) is 20.2. The van der Waals surface area contributed by atoms with E-state index in [4.69, 9.17) is 4.74 Å². The molecule has 3 rings (SSSR count). The van der Waals surface area contributed by atoms with E-state index in [9.17, 15) is 14.9 Å². The lowest BCUT2D eigenvalue weighted by Crippen LogP contribution is -2.17. The third-order valence-corrected chi connectivity index (χ3v) is 4.69. The van der Waals surface area contributed by atoms with E-state index in [0.717, 1.165) is 16.8 Å². The number of imidazole rings is 1. The van der Waals surface area contributed by atoms with Gasteiger partial charge in [-0.15, -0.1) is 0 Å². The summed E-state index contributed by atoms with van der Waals surface area (Å²) >= 11 is 0. The number of rotatable bonds is 9. The average molecular weight is 394 g/mol. The van der Waals surface area contributed by atoms with Crippen molar-refractivity contribution in [2.75, 3.05) is 20.2 Å². The molecule has 0 atom stereocenters. The highest BCUT2D eigenvalue weighted by atomic mass is 16.6. The molecule has 1 heterocycles. The van der Waals surface area contributed by atoms with E-state index in [-0.39, 0.29) is 23.6 Å². The summed E-state index contributed by atoms with van der Waals surface area (Å²) < 4.78 is 7.45. The first-order chi connectivity index (χ1) is 14.0. The third kappa shape index (κ3) is 4.49. The van der Waals surface area contributed by atoms with Gasteiger partial charge in [-0.25, -0.2) is 4.98 Å². The maximum Gasteiger partial charge on any atom is 0.314 e. The highest BCUT2D eigenvalue weighted by molar-refractivity contribution is 5.84. The highest BCUT2D eigenvalue weighted by Gasteiger charge is 2.25. The van der Waals surface area contributed by atoms with Crippen LogP contribution in [0.25, 0.3) is 5.69 Å². The molecule has 29 heavy (non-hydrogen) atoms. The van der Waals surface area contributed by atoms with Crippen molar-refractivity contribution in [3.05, 3.63) is 81.4 Å². The van der Waals surface area contributed by atoms with Gasteiger partial charge in [0.25, 0.3) is 0 Å². The molecule has 0 aliphatic heterocycles. The number of carbonyl (C=O) groups is 1. The average Bonchev–Trinajstić information content (AvgIpc) is 3.25. The van der Waals surface area contributed by atoms with Crippen LogP contribution in [0.15, 0.2) is 49.1 Å². The van der Waals surface area contributed by atoms with E-state index in [1.165, 1.54) is 0 Å². The number of nitro benzene ring substituents is 1. The Morgan fingerprint density at radius 3 is 2.66 bits per heavy atom. The van der Waals surface area contributed by atoms with Gasteiger partial charge in [0, 0.05) is 30.2 Å². The normalized spacial score (nSPS) is 10.7. The van der Waals surface area contributed by atoms with E-state index >= 15 is 0 Å². The predicted molar refractivity (Wildman–Crippen MR) is 109 cm³/mol. The van der Waals surface area contributed by atoms with Gasteiger partial charge < -0.3 is 14.6 Å². The third-order valence-electron chi connectivity index (χ3n) is 4.69. The van der Waals surface area contributed by atoms with Crippen molar-refractivity contribution in [2.45, 2.75) is 13.3 Å². The Hall–Kier alpha value is -3.52. The van der Waals surface area contributed by atoms with Crippen LogP contribution in [0.4, 0.5) is 5.69 Å². The Labute approximate surface area is 168 Å². The zero-order valence-corrected chi connectivity index (χ0v) is 16.3. The number of hydrogen-bond donors (Lipinski definition) is 1. The molecule has 0 spiro atoms. The smallest absolute Gasteiger partial charge is 0.314 e. The minimum Gasteiger partial charge on any atom is -0.485 e. The largest absolute Gasteiger partial charge is 0.485 e. The first-order valence-electron chi connectivity index (χ1n) is 9.16. The van der Waals surface area contributed by atoms with E-state index in [1.54, 1.807) is 32.6 Å². The van der Waals surface area contributed by atoms with E-state index in [0.29, 0.717) is 24.8 Å². The molecule has 0 aliphatic rings. The van der Waals surface area contributed by atoms with Crippen molar-refractivity contribution in [3.8, 4) is 11.4 Å². The van der Waals surface area contributed by atoms with Crippen LogP contribution >= 0.6 is 0 Å². The molecule has 0 saturated carbocycles. The number of hydrogen-bond acceptors (Lipinski definition) is 6. The van der Waals surface area contributed by atoms with Gasteiger partial charge >= 0.3 is 5.69 Å². The number of nitro groups is 1. The van der Waals surface area contributed by atoms with Gasteiger partial charge in [0.2, 0.25) is 5.75 Å². The Balaban J connectivity index is 1.93. The number of likely N-dealkylation sites (N-methyl/N-ethyl adjacent to an activating group) is 1. The van der Waals surface area contributed by atoms with E-state index < -0.39 is 4.92 Å². The van der Waals surface area contributed by atoms with Crippen LogP contribution in [0.3, 0.4) is 0 Å². The van der Waals surface area contributed by atoms with Crippen LogP contribution in [-0.2, 0) is 6.42 Å².